The van der Waals surface area contributed by atoms with E-state index in [4.69, 9.17) is 10.5 Å². The molecule has 19 heavy (non-hydrogen) atoms. The van der Waals surface area contributed by atoms with Gasteiger partial charge in [-0.05, 0) is 33.8 Å². The highest BCUT2D eigenvalue weighted by atomic mass is 16.6. The van der Waals surface area contributed by atoms with E-state index in [1.807, 2.05) is 40.8 Å². The van der Waals surface area contributed by atoms with Crippen LogP contribution in [0, 0.1) is 6.92 Å². The van der Waals surface area contributed by atoms with Gasteiger partial charge in [0.25, 0.3) is 0 Å². The van der Waals surface area contributed by atoms with Crippen molar-refractivity contribution in [1.82, 2.24) is 15.1 Å². The van der Waals surface area contributed by atoms with E-state index in [-0.39, 0.29) is 5.92 Å². The third-order valence-electron chi connectivity index (χ3n) is 2.73. The number of alkyl carbamates (subject to hydrolysis) is 1. The lowest BCUT2D eigenvalue weighted by Gasteiger charge is -2.21. The molecule has 1 atom stereocenters. The van der Waals surface area contributed by atoms with Gasteiger partial charge in [0.15, 0.2) is 0 Å². The average molecular weight is 268 g/mol. The maximum Gasteiger partial charge on any atom is 0.407 e. The number of carbonyl (C=O) groups is 1. The zero-order valence-electron chi connectivity index (χ0n) is 12.4. The van der Waals surface area contributed by atoms with Crippen LogP contribution in [-0.4, -0.2) is 34.6 Å². The number of nitrogens with zero attached hydrogens (tertiary/aromatic N) is 2. The average Bonchev–Trinajstić information content (AvgIpc) is 2.57. The van der Waals surface area contributed by atoms with Crippen molar-refractivity contribution in [2.75, 3.05) is 13.1 Å². The molecule has 6 heteroatoms. The number of aryl methyl sites for hydroxylation is 2. The predicted molar refractivity (Wildman–Crippen MR) is 74.0 cm³/mol. The minimum absolute atomic E-state index is 0.00702. The van der Waals surface area contributed by atoms with E-state index in [1.54, 1.807) is 4.68 Å². The Kier molecular flexibility index (Phi) is 4.94. The molecule has 0 saturated heterocycles. The molecule has 0 aliphatic carbocycles. The van der Waals surface area contributed by atoms with Gasteiger partial charge in [0.05, 0.1) is 5.69 Å². The number of carbonyl (C=O) groups excluding carboxylic acids is 1. The summed E-state index contributed by atoms with van der Waals surface area (Å²) in [7, 11) is 1.88. The van der Waals surface area contributed by atoms with E-state index in [1.165, 1.54) is 0 Å². The number of nitrogens with two attached hydrogens (primary N) is 1. The molecule has 0 aromatic carbocycles. The SMILES string of the molecule is Cc1cc(C(CN)CNC(=O)OC(C)(C)C)nn1C. The molecule has 108 valence electrons. The molecule has 0 aliphatic rings. The van der Waals surface area contributed by atoms with E-state index in [9.17, 15) is 4.79 Å². The van der Waals surface area contributed by atoms with Crippen LogP contribution in [-0.2, 0) is 11.8 Å². The molecular weight excluding hydrogens is 244 g/mol. The second-order valence-electron chi connectivity index (χ2n) is 5.65. The fourth-order valence-corrected chi connectivity index (χ4v) is 1.62. The Morgan fingerprint density at radius 2 is 2.21 bits per heavy atom. The number of hydrogen-bond donors (Lipinski definition) is 2. The molecule has 6 nitrogen and oxygen atoms in total. The van der Waals surface area contributed by atoms with Crippen LogP contribution >= 0.6 is 0 Å². The lowest BCUT2D eigenvalue weighted by atomic mass is 10.1. The highest BCUT2D eigenvalue weighted by Crippen LogP contribution is 2.13. The number of amides is 1. The van der Waals surface area contributed by atoms with Gasteiger partial charge >= 0.3 is 6.09 Å². The molecule has 0 radical (unpaired) electrons. The second kappa shape index (κ2) is 6.06. The van der Waals surface area contributed by atoms with Crippen molar-refractivity contribution in [3.63, 3.8) is 0 Å². The standard InChI is InChI=1S/C13H24N4O2/c1-9-6-11(16-17(9)5)10(7-14)8-15-12(18)19-13(2,3)4/h6,10H,7-8,14H2,1-5H3,(H,15,18). The van der Waals surface area contributed by atoms with Crippen LogP contribution in [0.2, 0.25) is 0 Å². The summed E-state index contributed by atoms with van der Waals surface area (Å²) < 4.78 is 6.98. The van der Waals surface area contributed by atoms with E-state index in [0.717, 1.165) is 11.4 Å². The second-order valence-corrected chi connectivity index (χ2v) is 5.65. The lowest BCUT2D eigenvalue weighted by Crippen LogP contribution is -2.36. The molecule has 1 aromatic rings. The van der Waals surface area contributed by atoms with Gasteiger partial charge in [-0.2, -0.15) is 5.10 Å². The summed E-state index contributed by atoms with van der Waals surface area (Å²) in [5, 5.41) is 7.11. The summed E-state index contributed by atoms with van der Waals surface area (Å²) in [6, 6.07) is 1.98. The summed E-state index contributed by atoms with van der Waals surface area (Å²) in [5.74, 6) is -0.00702. The third-order valence-corrected chi connectivity index (χ3v) is 2.73. The number of aromatic nitrogens is 2. The molecule has 1 aromatic heterocycles. The molecular formula is C13H24N4O2. The molecule has 1 heterocycles. The highest BCUT2D eigenvalue weighted by Gasteiger charge is 2.19. The Balaban J connectivity index is 2.56. The van der Waals surface area contributed by atoms with Crippen LogP contribution in [0.1, 0.15) is 38.1 Å². The van der Waals surface area contributed by atoms with Crippen LogP contribution in [0.15, 0.2) is 6.07 Å². The van der Waals surface area contributed by atoms with Gasteiger partial charge in [0.2, 0.25) is 0 Å². The van der Waals surface area contributed by atoms with E-state index < -0.39 is 11.7 Å². The maximum atomic E-state index is 11.6. The van der Waals surface area contributed by atoms with Gasteiger partial charge in [-0.1, -0.05) is 0 Å². The van der Waals surface area contributed by atoms with Crippen LogP contribution < -0.4 is 11.1 Å². The lowest BCUT2D eigenvalue weighted by molar-refractivity contribution is 0.0524. The Morgan fingerprint density at radius 1 is 1.58 bits per heavy atom. The van der Waals surface area contributed by atoms with Crippen LogP contribution in [0.4, 0.5) is 4.79 Å². The van der Waals surface area contributed by atoms with Crippen molar-refractivity contribution in [3.8, 4) is 0 Å². The summed E-state index contributed by atoms with van der Waals surface area (Å²) in [5.41, 5.74) is 7.19. The van der Waals surface area contributed by atoms with Gasteiger partial charge in [0, 0.05) is 31.7 Å². The number of ether oxygens (including phenoxy) is 1. The Bertz CT molecular complexity index is 415. The Hall–Kier alpha value is -1.56. The first-order valence-corrected chi connectivity index (χ1v) is 6.40. The quantitative estimate of drug-likeness (QED) is 0.862. The zero-order chi connectivity index (χ0) is 14.6. The Labute approximate surface area is 114 Å². The van der Waals surface area contributed by atoms with Crippen LogP contribution in [0.25, 0.3) is 0 Å². The molecule has 0 spiro atoms. The minimum Gasteiger partial charge on any atom is -0.444 e. The molecule has 1 rings (SSSR count). The monoisotopic (exact) mass is 268 g/mol. The minimum atomic E-state index is -0.496. The summed E-state index contributed by atoms with van der Waals surface area (Å²) in [6.45, 7) is 8.30. The summed E-state index contributed by atoms with van der Waals surface area (Å²) in [4.78, 5) is 11.6. The maximum absolute atomic E-state index is 11.6. The molecule has 0 bridgehead atoms. The fraction of sp³-hybridized carbons (Fsp3) is 0.692. The number of hydrogen-bond acceptors (Lipinski definition) is 4. The van der Waals surface area contributed by atoms with Crippen molar-refractivity contribution in [2.45, 2.75) is 39.2 Å². The zero-order valence-corrected chi connectivity index (χ0v) is 12.4. The van der Waals surface area contributed by atoms with Crippen molar-refractivity contribution in [3.05, 3.63) is 17.5 Å². The number of rotatable bonds is 4. The molecule has 0 saturated carbocycles. The molecule has 1 amide bonds. The van der Waals surface area contributed by atoms with Crippen molar-refractivity contribution >= 4 is 6.09 Å². The van der Waals surface area contributed by atoms with Gasteiger partial charge in [-0.3, -0.25) is 4.68 Å². The first kappa shape index (κ1) is 15.5. The fourth-order valence-electron chi connectivity index (χ4n) is 1.62. The predicted octanol–water partition coefficient (Wildman–Crippen LogP) is 1.30. The third kappa shape index (κ3) is 4.90. The van der Waals surface area contributed by atoms with E-state index in [2.05, 4.69) is 10.4 Å². The molecule has 1 unspecified atom stereocenters. The van der Waals surface area contributed by atoms with Crippen molar-refractivity contribution in [2.24, 2.45) is 12.8 Å². The molecule has 0 aliphatic heterocycles. The smallest absolute Gasteiger partial charge is 0.407 e. The van der Waals surface area contributed by atoms with Crippen molar-refractivity contribution < 1.29 is 9.53 Å². The van der Waals surface area contributed by atoms with E-state index >= 15 is 0 Å². The Morgan fingerprint density at radius 3 is 2.63 bits per heavy atom. The van der Waals surface area contributed by atoms with E-state index in [0.29, 0.717) is 13.1 Å². The molecule has 3 N–H and O–H groups in total. The van der Waals surface area contributed by atoms with Gasteiger partial charge in [-0.25, -0.2) is 4.79 Å². The largest absolute Gasteiger partial charge is 0.444 e. The summed E-state index contributed by atoms with van der Waals surface area (Å²) in [6.07, 6.45) is -0.432. The van der Waals surface area contributed by atoms with Gasteiger partial charge in [0.1, 0.15) is 5.60 Å². The van der Waals surface area contributed by atoms with Crippen LogP contribution in [0.5, 0.6) is 0 Å². The van der Waals surface area contributed by atoms with Gasteiger partial charge in [-0.15, -0.1) is 0 Å². The van der Waals surface area contributed by atoms with Crippen molar-refractivity contribution in [1.29, 1.82) is 0 Å². The molecule has 0 fully saturated rings. The first-order chi connectivity index (χ1) is 8.73. The summed E-state index contributed by atoms with van der Waals surface area (Å²) >= 11 is 0. The normalized spacial score (nSPS) is 13.2. The van der Waals surface area contributed by atoms with Gasteiger partial charge < -0.3 is 15.8 Å². The van der Waals surface area contributed by atoms with Crippen LogP contribution in [0.3, 0.4) is 0 Å². The topological polar surface area (TPSA) is 82.2 Å². The highest BCUT2D eigenvalue weighted by molar-refractivity contribution is 5.67. The number of nitrogens with one attached hydrogen (secondary N) is 1. The first-order valence-electron chi connectivity index (χ1n) is 6.40.